The summed E-state index contributed by atoms with van der Waals surface area (Å²) in [5.74, 6) is -1.47. The van der Waals surface area contributed by atoms with Crippen molar-refractivity contribution in [2.45, 2.75) is 152 Å². The van der Waals surface area contributed by atoms with Crippen LogP contribution in [-0.4, -0.2) is 83.7 Å². The quantitative estimate of drug-likeness (QED) is 0.234. The summed E-state index contributed by atoms with van der Waals surface area (Å²) in [5.41, 5.74) is 0.345. The number of allylic oxidation sites excluding steroid dienone is 1. The van der Waals surface area contributed by atoms with Gasteiger partial charge in [0.2, 0.25) is 21.8 Å². The van der Waals surface area contributed by atoms with E-state index in [-0.39, 0.29) is 49.7 Å². The number of amides is 3. The second kappa shape index (κ2) is 15.1. The number of nitrogens with zero attached hydrogens (tertiary/aromatic N) is 2. The van der Waals surface area contributed by atoms with Gasteiger partial charge in [-0.15, -0.1) is 0 Å². The molecule has 3 saturated carbocycles. The molecule has 13 nitrogen and oxygen atoms in total. The molecule has 1 saturated heterocycles. The molecule has 6 atom stereocenters. The Morgan fingerprint density at radius 2 is 1.84 bits per heavy atom. The van der Waals surface area contributed by atoms with Gasteiger partial charge in [-0.1, -0.05) is 38.8 Å². The van der Waals surface area contributed by atoms with Crippen LogP contribution in [-0.2, 0) is 40.4 Å². The van der Waals surface area contributed by atoms with Crippen LogP contribution in [0.5, 0.6) is 11.5 Å². The summed E-state index contributed by atoms with van der Waals surface area (Å²) in [6, 6.07) is 4.81. The number of carbonyl (C=O) groups excluding carboxylic acids is 4. The summed E-state index contributed by atoms with van der Waals surface area (Å²) >= 11 is 0. The maximum atomic E-state index is 15.0. The van der Waals surface area contributed by atoms with Crippen LogP contribution in [0.2, 0.25) is 0 Å². The fourth-order valence-electron chi connectivity index (χ4n) is 9.02. The number of methoxy groups -OCH3 is 1. The van der Waals surface area contributed by atoms with Crippen molar-refractivity contribution in [2.75, 3.05) is 13.7 Å². The normalized spacial score (nSPS) is 30.4. The van der Waals surface area contributed by atoms with Crippen LogP contribution in [0.25, 0.3) is 10.9 Å². The molecule has 2 aromatic rings. The summed E-state index contributed by atoms with van der Waals surface area (Å²) in [6.45, 7) is 7.50. The van der Waals surface area contributed by atoms with E-state index in [9.17, 15) is 27.6 Å². The molecule has 4 fully saturated rings. The molecular weight excluding hydrogens is 761 g/mol. The van der Waals surface area contributed by atoms with Crippen molar-refractivity contribution in [3.63, 3.8) is 0 Å². The van der Waals surface area contributed by atoms with Crippen LogP contribution in [0.4, 0.5) is 0 Å². The number of pyridine rings is 1. The Kier molecular flexibility index (Phi) is 10.6. The lowest BCUT2D eigenvalue weighted by Gasteiger charge is -2.37. The van der Waals surface area contributed by atoms with Gasteiger partial charge in [0.1, 0.15) is 34.8 Å². The van der Waals surface area contributed by atoms with Gasteiger partial charge in [0, 0.05) is 35.1 Å². The molecule has 14 heteroatoms. The van der Waals surface area contributed by atoms with Crippen LogP contribution < -0.4 is 19.5 Å². The third-order valence-corrected chi connectivity index (χ3v) is 15.9. The Balaban J connectivity index is 1.15. The van der Waals surface area contributed by atoms with Gasteiger partial charge < -0.3 is 24.4 Å². The zero-order valence-electron chi connectivity index (χ0n) is 34.4. The Morgan fingerprint density at radius 3 is 2.55 bits per heavy atom. The minimum Gasteiger partial charge on any atom is -0.497 e. The molecule has 1 aromatic carbocycles. The van der Waals surface area contributed by atoms with Crippen LogP contribution in [0.15, 0.2) is 30.4 Å². The molecule has 1 spiro atoms. The molecular formula is C44H58N4O9S. The predicted molar refractivity (Wildman–Crippen MR) is 216 cm³/mol. The van der Waals surface area contributed by atoms with Crippen molar-refractivity contribution in [1.29, 1.82) is 0 Å². The third-order valence-electron chi connectivity index (χ3n) is 13.8. The van der Waals surface area contributed by atoms with Crippen molar-refractivity contribution in [2.24, 2.45) is 17.8 Å². The van der Waals surface area contributed by atoms with Gasteiger partial charge in [-0.2, -0.15) is 0 Å². The Labute approximate surface area is 341 Å². The maximum absolute atomic E-state index is 15.0. The first-order valence-electron chi connectivity index (χ1n) is 21.3. The van der Waals surface area contributed by atoms with Crippen molar-refractivity contribution in [3.05, 3.63) is 41.6 Å². The highest BCUT2D eigenvalue weighted by Crippen LogP contribution is 2.52. The standard InChI is InChI=1S/C44H58N4O9S/c1-26(2)27(3)56-36(49)21-29-11-9-7-6-8-10-12-30-23-44(30,41(52)47-58(53,54)42(4)19-20-42)46-39(50)35-24-43(25-48(35)40(29)51)18-17-32-33-22-31(55-5)15-16-34(33)45-37(28-13-14-28)38(32)57-43/h10,12,15-16,22,26-30,35H,6-9,11,13-14,17-21,23-25H2,1-5H3,(H,46,50)(H,47,52)/b12-10-/t27-,29+,30+,35-,43+,44+/m0/s1. The van der Waals surface area contributed by atoms with Crippen molar-refractivity contribution >= 4 is 44.6 Å². The number of aromatic nitrogens is 1. The smallest absolute Gasteiger partial charge is 0.306 e. The van der Waals surface area contributed by atoms with Gasteiger partial charge in [-0.05, 0) is 102 Å². The van der Waals surface area contributed by atoms with Crippen LogP contribution in [0.3, 0.4) is 0 Å². The van der Waals surface area contributed by atoms with E-state index < -0.39 is 61.6 Å². The molecule has 0 radical (unpaired) electrons. The monoisotopic (exact) mass is 818 g/mol. The first-order chi connectivity index (χ1) is 27.6. The summed E-state index contributed by atoms with van der Waals surface area (Å²) in [6.07, 6.45) is 11.4. The van der Waals surface area contributed by atoms with Crippen molar-refractivity contribution in [1.82, 2.24) is 19.9 Å². The zero-order chi connectivity index (χ0) is 41.2. The Hall–Kier alpha value is -4.20. The number of ether oxygens (including phenoxy) is 3. The Morgan fingerprint density at radius 1 is 1.07 bits per heavy atom. The average Bonchev–Trinajstić information content (AvgIpc) is 4.12. The SMILES string of the molecule is COc1ccc2nc(C3CC3)c3c(c2c1)CC[C@]1(C[C@H]2C(=O)N[C@]4(C(=O)NS(=O)(=O)C5(C)CC5)C[C@H]4/C=C\CCCCC[C@H](CC(=O)O[C@@H](C)C(C)C)C(=O)N2C1)O3. The number of aryl methyl sites for hydroxylation is 1. The third kappa shape index (κ3) is 7.70. The minimum absolute atomic E-state index is 0.101. The number of fused-ring (bicyclic) bond motifs is 5. The van der Waals surface area contributed by atoms with Gasteiger partial charge in [0.05, 0.1) is 36.0 Å². The summed E-state index contributed by atoms with van der Waals surface area (Å²) in [7, 11) is -2.35. The predicted octanol–water partition coefficient (Wildman–Crippen LogP) is 5.77. The summed E-state index contributed by atoms with van der Waals surface area (Å²) < 4.78 is 46.3. The maximum Gasteiger partial charge on any atom is 0.306 e. The van der Waals surface area contributed by atoms with Crippen LogP contribution in [0.1, 0.15) is 128 Å². The molecule has 4 heterocycles. The van der Waals surface area contributed by atoms with Gasteiger partial charge in [0.25, 0.3) is 5.91 Å². The second-order valence-electron chi connectivity index (χ2n) is 18.5. The van der Waals surface area contributed by atoms with E-state index in [1.165, 1.54) is 0 Å². The van der Waals surface area contributed by atoms with Crippen LogP contribution >= 0.6 is 0 Å². The molecule has 0 unspecified atom stereocenters. The zero-order valence-corrected chi connectivity index (χ0v) is 35.3. The molecule has 0 bridgehead atoms. The van der Waals surface area contributed by atoms with Crippen LogP contribution in [0, 0.1) is 17.8 Å². The number of sulfonamides is 1. The van der Waals surface area contributed by atoms with E-state index in [1.807, 2.05) is 51.1 Å². The number of carbonyl (C=O) groups is 4. The molecule has 1 aromatic heterocycles. The molecule has 8 rings (SSSR count). The van der Waals surface area contributed by atoms with E-state index in [1.54, 1.807) is 18.9 Å². The van der Waals surface area contributed by atoms with E-state index in [4.69, 9.17) is 19.2 Å². The number of esters is 1. The molecule has 3 amide bonds. The molecule has 6 aliphatic rings. The lowest BCUT2D eigenvalue weighted by molar-refractivity contribution is -0.155. The molecule has 3 aliphatic heterocycles. The van der Waals surface area contributed by atoms with E-state index in [2.05, 4.69) is 10.0 Å². The Bertz CT molecular complexity index is 2150. The first kappa shape index (κ1) is 40.6. The number of benzene rings is 1. The number of rotatable bonds is 9. The fraction of sp³-hybridized carbons (Fsp3) is 0.659. The summed E-state index contributed by atoms with van der Waals surface area (Å²) in [4.78, 5) is 63.9. The highest BCUT2D eigenvalue weighted by atomic mass is 32.2. The van der Waals surface area contributed by atoms with Gasteiger partial charge in [-0.25, -0.2) is 13.4 Å². The molecule has 58 heavy (non-hydrogen) atoms. The lowest BCUT2D eigenvalue weighted by atomic mass is 9.86. The van der Waals surface area contributed by atoms with E-state index >= 15 is 0 Å². The highest BCUT2D eigenvalue weighted by Gasteiger charge is 2.64. The van der Waals surface area contributed by atoms with E-state index in [0.29, 0.717) is 50.0 Å². The number of hydrogen-bond donors (Lipinski definition) is 2. The largest absolute Gasteiger partial charge is 0.497 e. The summed E-state index contributed by atoms with van der Waals surface area (Å²) in [5, 5.41) is 3.95. The number of nitrogens with one attached hydrogen (secondary N) is 2. The molecule has 314 valence electrons. The number of hydrogen-bond acceptors (Lipinski definition) is 10. The van der Waals surface area contributed by atoms with Gasteiger partial charge in [-0.3, -0.25) is 23.9 Å². The average molecular weight is 819 g/mol. The van der Waals surface area contributed by atoms with Gasteiger partial charge >= 0.3 is 5.97 Å². The van der Waals surface area contributed by atoms with Crippen molar-refractivity contribution < 1.29 is 41.8 Å². The first-order valence-corrected chi connectivity index (χ1v) is 22.8. The topological polar surface area (TPSA) is 170 Å². The van der Waals surface area contributed by atoms with Gasteiger partial charge in [0.15, 0.2) is 0 Å². The lowest BCUT2D eigenvalue weighted by Crippen LogP contribution is -2.57. The van der Waals surface area contributed by atoms with E-state index in [0.717, 1.165) is 54.3 Å². The molecule has 2 N–H and O–H groups in total. The highest BCUT2D eigenvalue weighted by molar-refractivity contribution is 7.91. The minimum atomic E-state index is -3.98. The van der Waals surface area contributed by atoms with Crippen molar-refractivity contribution in [3.8, 4) is 11.5 Å². The fourth-order valence-corrected chi connectivity index (χ4v) is 10.3. The molecule has 3 aliphatic carbocycles. The second-order valence-corrected chi connectivity index (χ2v) is 20.7.